The summed E-state index contributed by atoms with van der Waals surface area (Å²) in [5.41, 5.74) is 0. The Hall–Kier alpha value is -3.16. The monoisotopic (exact) mass is 794 g/mol. The second-order valence-corrected chi connectivity index (χ2v) is 19.1. The molecule has 0 spiro atoms. The summed E-state index contributed by atoms with van der Waals surface area (Å²) in [6, 6.07) is 4.28. The molecular weight excluding hydrogens is 745 g/mol. The molecule has 2 aromatic heterocycles. The van der Waals surface area contributed by atoms with Gasteiger partial charge in [0.25, 0.3) is 0 Å². The lowest BCUT2D eigenvalue weighted by Gasteiger charge is -2.25. The van der Waals surface area contributed by atoms with Crippen molar-refractivity contribution in [3.05, 3.63) is 44.8 Å². The van der Waals surface area contributed by atoms with Crippen molar-refractivity contribution in [2.45, 2.75) is 98.8 Å². The number of amides is 6. The number of nitrogens with one attached hydrogen (secondary N) is 8. The quantitative estimate of drug-likeness (QED) is 0.106. The van der Waals surface area contributed by atoms with Gasteiger partial charge in [0.2, 0.25) is 35.4 Å². The molecule has 6 atom stereocenters. The SMILES string of the molecule is CCNC(=O)[C@@H](NC(=O)Cc1cccs1)[C@@H]1N[C@@H](C(=O)NCCNC(=O)[C@@H]2N[C@@H]([C@H](NC(=O)Cc3cccs3)C(=O)NCC)SC2(C)C)C(C)(C)S1. The highest BCUT2D eigenvalue weighted by molar-refractivity contribution is 8.01. The third-order valence-corrected chi connectivity index (χ3v) is 13.3. The summed E-state index contributed by atoms with van der Waals surface area (Å²) in [6.07, 6.45) is 0.302. The maximum Gasteiger partial charge on any atom is 0.245 e. The van der Waals surface area contributed by atoms with Gasteiger partial charge >= 0.3 is 0 Å². The van der Waals surface area contributed by atoms with Gasteiger partial charge in [-0.2, -0.15) is 0 Å². The van der Waals surface area contributed by atoms with Crippen LogP contribution in [0.1, 0.15) is 51.3 Å². The van der Waals surface area contributed by atoms with Crippen LogP contribution in [0.15, 0.2) is 35.0 Å². The number of thioether (sulfide) groups is 2. The first-order chi connectivity index (χ1) is 24.6. The van der Waals surface area contributed by atoms with Crippen LogP contribution in [-0.2, 0) is 41.6 Å². The number of carbonyl (C=O) groups excluding carboxylic acids is 6. The van der Waals surface area contributed by atoms with Gasteiger partial charge in [0.15, 0.2) is 0 Å². The minimum absolute atomic E-state index is 0.148. The van der Waals surface area contributed by atoms with E-state index in [-0.39, 0.29) is 61.4 Å². The topological polar surface area (TPSA) is 199 Å². The average Bonchev–Trinajstić information content (AvgIpc) is 3.88. The van der Waals surface area contributed by atoms with Crippen molar-refractivity contribution >= 4 is 81.6 Å². The Morgan fingerprint density at radius 1 is 0.654 bits per heavy atom. The maximum atomic E-state index is 13.4. The molecular formula is C34H50N8O6S4. The molecule has 2 saturated heterocycles. The molecule has 18 heteroatoms. The van der Waals surface area contributed by atoms with Crippen molar-refractivity contribution < 1.29 is 28.8 Å². The fraction of sp³-hybridized carbons (Fsp3) is 0.588. The number of carbonyl (C=O) groups is 6. The summed E-state index contributed by atoms with van der Waals surface area (Å²) in [4.78, 5) is 80.4. The zero-order valence-electron chi connectivity index (χ0n) is 30.3. The van der Waals surface area contributed by atoms with Crippen molar-refractivity contribution in [1.29, 1.82) is 0 Å². The highest BCUT2D eigenvalue weighted by Gasteiger charge is 2.50. The number of thiophene rings is 2. The van der Waals surface area contributed by atoms with E-state index in [0.29, 0.717) is 13.1 Å². The van der Waals surface area contributed by atoms with Crippen LogP contribution < -0.4 is 42.5 Å². The Balaban J connectivity index is 1.30. The van der Waals surface area contributed by atoms with Gasteiger partial charge in [0.05, 0.1) is 23.6 Å². The van der Waals surface area contributed by atoms with Crippen LogP contribution in [0.4, 0.5) is 0 Å². The summed E-state index contributed by atoms with van der Waals surface area (Å²) in [5, 5.41) is 26.2. The Kier molecular flexibility index (Phi) is 15.0. The van der Waals surface area contributed by atoms with Crippen LogP contribution in [0.5, 0.6) is 0 Å². The standard InChI is InChI=1S/C34H50N8O6S4/c1-7-35-27(45)23(39-21(43)17-19-11-9-15-49-19)31-41-25(33(3,4)51-31)29(47)37-13-14-38-30(48)26-34(5,6)52-32(42-26)24(28(46)36-8-2)40-22(44)18-20-12-10-16-50-20/h9-12,15-16,23-26,31-32,41-42H,7-8,13-14,17-18H2,1-6H3,(H,35,45)(H,36,46)(H,37,47)(H,38,48)(H,39,43)(H,40,44)/t23-,24-,25+,26+,31-,32-/m1/s1. The van der Waals surface area contributed by atoms with Crippen molar-refractivity contribution in [2.75, 3.05) is 26.2 Å². The van der Waals surface area contributed by atoms with Gasteiger partial charge in [-0.15, -0.1) is 46.2 Å². The Morgan fingerprint density at radius 3 is 1.37 bits per heavy atom. The van der Waals surface area contributed by atoms with Crippen molar-refractivity contribution in [3.63, 3.8) is 0 Å². The van der Waals surface area contributed by atoms with Crippen LogP contribution >= 0.6 is 46.2 Å². The maximum absolute atomic E-state index is 13.4. The average molecular weight is 795 g/mol. The van der Waals surface area contributed by atoms with E-state index in [1.165, 1.54) is 46.2 Å². The van der Waals surface area contributed by atoms with E-state index in [2.05, 4.69) is 42.5 Å². The van der Waals surface area contributed by atoms with Gasteiger partial charge in [-0.1, -0.05) is 12.1 Å². The first-order valence-corrected chi connectivity index (χ1v) is 20.8. The molecule has 2 fully saturated rings. The molecule has 2 aromatic rings. The number of hydrogen-bond acceptors (Lipinski definition) is 12. The predicted octanol–water partition coefficient (Wildman–Crippen LogP) is 0.688. The van der Waals surface area contributed by atoms with E-state index in [1.54, 1.807) is 13.8 Å². The number of hydrogen-bond donors (Lipinski definition) is 8. The number of likely N-dealkylation sites (N-methyl/N-ethyl adjacent to an activating group) is 2. The number of rotatable bonds is 17. The summed E-state index contributed by atoms with van der Waals surface area (Å²) < 4.78 is -1.24. The Morgan fingerprint density at radius 2 is 1.04 bits per heavy atom. The molecule has 2 aliphatic heterocycles. The molecule has 6 amide bonds. The lowest BCUT2D eigenvalue weighted by Crippen LogP contribution is -2.59. The molecule has 0 aliphatic carbocycles. The minimum atomic E-state index is -0.903. The van der Waals surface area contributed by atoms with Gasteiger partial charge in [0, 0.05) is 45.4 Å². The highest BCUT2D eigenvalue weighted by atomic mass is 32.2. The molecule has 52 heavy (non-hydrogen) atoms. The minimum Gasteiger partial charge on any atom is -0.355 e. The third-order valence-electron chi connectivity index (χ3n) is 8.50. The largest absolute Gasteiger partial charge is 0.355 e. The highest BCUT2D eigenvalue weighted by Crippen LogP contribution is 2.40. The van der Waals surface area contributed by atoms with Crippen LogP contribution in [0.2, 0.25) is 0 Å². The van der Waals surface area contributed by atoms with Crippen LogP contribution in [0.25, 0.3) is 0 Å². The van der Waals surface area contributed by atoms with E-state index < -0.39 is 44.4 Å². The van der Waals surface area contributed by atoms with Crippen molar-refractivity contribution in [3.8, 4) is 0 Å². The molecule has 0 bridgehead atoms. The molecule has 0 unspecified atom stereocenters. The fourth-order valence-corrected chi connectivity index (χ4v) is 10.4. The molecule has 8 N–H and O–H groups in total. The molecule has 0 aromatic carbocycles. The van der Waals surface area contributed by atoms with Gasteiger partial charge in [0.1, 0.15) is 24.2 Å². The lowest BCUT2D eigenvalue weighted by atomic mass is 10.0. The van der Waals surface area contributed by atoms with Gasteiger partial charge < -0.3 is 31.9 Å². The van der Waals surface area contributed by atoms with Gasteiger partial charge in [-0.25, -0.2) is 0 Å². The van der Waals surface area contributed by atoms with Crippen molar-refractivity contribution in [2.24, 2.45) is 0 Å². The Bertz CT molecular complexity index is 1440. The second-order valence-electron chi connectivity index (χ2n) is 13.5. The molecule has 2 aliphatic rings. The summed E-state index contributed by atoms with van der Waals surface area (Å²) in [5.74, 6) is -1.85. The first-order valence-electron chi connectivity index (χ1n) is 17.3. The molecule has 4 heterocycles. The predicted molar refractivity (Wildman–Crippen MR) is 208 cm³/mol. The summed E-state index contributed by atoms with van der Waals surface area (Å²) in [7, 11) is 0. The van der Waals surface area contributed by atoms with E-state index in [9.17, 15) is 28.8 Å². The molecule has 286 valence electrons. The molecule has 0 saturated carbocycles. The molecule has 4 rings (SSSR count). The Labute approximate surface area is 321 Å². The first kappa shape index (κ1) is 41.6. The van der Waals surface area contributed by atoms with E-state index in [1.807, 2.05) is 62.7 Å². The third kappa shape index (κ3) is 11.2. The lowest BCUT2D eigenvalue weighted by molar-refractivity contribution is -0.129. The normalized spacial score (nSPS) is 22.8. The zero-order valence-corrected chi connectivity index (χ0v) is 33.5. The molecule has 14 nitrogen and oxygen atoms in total. The second kappa shape index (κ2) is 18.7. The smallest absolute Gasteiger partial charge is 0.245 e. The zero-order chi connectivity index (χ0) is 38.1. The summed E-state index contributed by atoms with van der Waals surface area (Å²) in [6.45, 7) is 12.3. The van der Waals surface area contributed by atoms with E-state index in [4.69, 9.17) is 0 Å². The van der Waals surface area contributed by atoms with Gasteiger partial charge in [-0.05, 0) is 64.4 Å². The van der Waals surface area contributed by atoms with Crippen LogP contribution in [0, 0.1) is 0 Å². The van der Waals surface area contributed by atoms with Gasteiger partial charge in [-0.3, -0.25) is 39.4 Å². The van der Waals surface area contributed by atoms with E-state index >= 15 is 0 Å². The van der Waals surface area contributed by atoms with E-state index in [0.717, 1.165) is 9.75 Å². The summed E-state index contributed by atoms with van der Waals surface area (Å²) >= 11 is 5.74. The molecule has 0 radical (unpaired) electrons. The van der Waals surface area contributed by atoms with Crippen LogP contribution in [0.3, 0.4) is 0 Å². The van der Waals surface area contributed by atoms with Crippen molar-refractivity contribution in [1.82, 2.24) is 42.5 Å². The van der Waals surface area contributed by atoms with Crippen LogP contribution in [-0.4, -0.2) is 106 Å². The fourth-order valence-electron chi connectivity index (χ4n) is 5.99.